The van der Waals surface area contributed by atoms with E-state index in [2.05, 4.69) is 15.9 Å². The fourth-order valence-corrected chi connectivity index (χ4v) is 2.10. The molecule has 0 fully saturated rings. The van der Waals surface area contributed by atoms with Crippen LogP contribution in [0, 0.1) is 5.82 Å². The molecule has 0 aliphatic rings. The van der Waals surface area contributed by atoms with Gasteiger partial charge in [-0.2, -0.15) is 0 Å². The predicted molar refractivity (Wildman–Crippen MR) is 74.9 cm³/mol. The smallest absolute Gasteiger partial charge is 0.259 e. The Balaban J connectivity index is 2.36. The van der Waals surface area contributed by atoms with Crippen molar-refractivity contribution in [1.82, 2.24) is 0 Å². The fourth-order valence-electron chi connectivity index (χ4n) is 1.67. The van der Waals surface area contributed by atoms with E-state index in [1.807, 2.05) is 0 Å². The number of aromatic hydroxyl groups is 1. The van der Waals surface area contributed by atoms with Gasteiger partial charge >= 0.3 is 0 Å². The van der Waals surface area contributed by atoms with E-state index in [4.69, 9.17) is 0 Å². The van der Waals surface area contributed by atoms with Gasteiger partial charge in [0.1, 0.15) is 11.6 Å². The fraction of sp³-hybridized carbons (Fsp3) is 0.0714. The number of hydrogen-bond donors (Lipinski definition) is 1. The topological polar surface area (TPSA) is 40.5 Å². The van der Waals surface area contributed by atoms with Crippen molar-refractivity contribution in [3.63, 3.8) is 0 Å². The van der Waals surface area contributed by atoms with Gasteiger partial charge in [0, 0.05) is 18.8 Å². The molecule has 0 spiro atoms. The number of rotatable bonds is 2. The molecular weight excluding hydrogens is 313 g/mol. The maximum absolute atomic E-state index is 13.4. The Bertz CT molecular complexity index is 631. The molecule has 0 aromatic heterocycles. The first kappa shape index (κ1) is 13.5. The van der Waals surface area contributed by atoms with Crippen LogP contribution in [0.3, 0.4) is 0 Å². The third kappa shape index (κ3) is 2.76. The first-order valence-electron chi connectivity index (χ1n) is 5.52. The summed E-state index contributed by atoms with van der Waals surface area (Å²) in [4.78, 5) is 13.6. The monoisotopic (exact) mass is 323 g/mol. The van der Waals surface area contributed by atoms with E-state index in [0.29, 0.717) is 5.69 Å². The minimum absolute atomic E-state index is 0.0652. The van der Waals surface area contributed by atoms with Gasteiger partial charge in [0.25, 0.3) is 5.91 Å². The molecule has 0 bridgehead atoms. The van der Waals surface area contributed by atoms with Gasteiger partial charge in [-0.05, 0) is 40.2 Å². The second kappa shape index (κ2) is 5.40. The molecule has 19 heavy (non-hydrogen) atoms. The highest BCUT2D eigenvalue weighted by Gasteiger charge is 2.18. The number of benzene rings is 2. The zero-order valence-electron chi connectivity index (χ0n) is 10.1. The Morgan fingerprint density at radius 2 is 1.95 bits per heavy atom. The molecule has 0 radical (unpaired) electrons. The summed E-state index contributed by atoms with van der Waals surface area (Å²) in [5.74, 6) is -0.789. The number of phenolic OH excluding ortho intramolecular Hbond substituents is 1. The molecule has 0 unspecified atom stereocenters. The molecule has 3 nitrogen and oxygen atoms in total. The van der Waals surface area contributed by atoms with Crippen molar-refractivity contribution in [3.8, 4) is 5.75 Å². The molecular formula is C14H11BrFNO2. The highest BCUT2D eigenvalue weighted by atomic mass is 79.9. The van der Waals surface area contributed by atoms with Crippen molar-refractivity contribution in [2.75, 3.05) is 11.9 Å². The first-order chi connectivity index (χ1) is 9.00. The average Bonchev–Trinajstić information content (AvgIpc) is 2.40. The van der Waals surface area contributed by atoms with Gasteiger partial charge in [0.15, 0.2) is 0 Å². The second-order valence-corrected chi connectivity index (χ2v) is 4.78. The number of phenols is 1. The summed E-state index contributed by atoms with van der Waals surface area (Å²) in [7, 11) is 1.56. The van der Waals surface area contributed by atoms with Crippen molar-refractivity contribution < 1.29 is 14.3 Å². The molecule has 2 aromatic rings. The third-order valence-corrected chi connectivity index (χ3v) is 3.51. The van der Waals surface area contributed by atoms with Crippen molar-refractivity contribution >= 4 is 27.5 Å². The lowest BCUT2D eigenvalue weighted by Crippen LogP contribution is -2.26. The number of carbonyl (C=O) groups is 1. The lowest BCUT2D eigenvalue weighted by atomic mass is 10.2. The van der Waals surface area contributed by atoms with Crippen LogP contribution < -0.4 is 4.90 Å². The van der Waals surface area contributed by atoms with Crippen molar-refractivity contribution in [3.05, 3.63) is 58.3 Å². The number of nitrogens with zero attached hydrogens (tertiary/aromatic N) is 1. The van der Waals surface area contributed by atoms with Gasteiger partial charge in [-0.25, -0.2) is 4.39 Å². The number of anilines is 1. The number of carbonyl (C=O) groups excluding carboxylic acids is 1. The summed E-state index contributed by atoms with van der Waals surface area (Å²) in [6.45, 7) is 0. The van der Waals surface area contributed by atoms with Crippen LogP contribution in [-0.4, -0.2) is 18.1 Å². The van der Waals surface area contributed by atoms with Crippen molar-refractivity contribution in [2.24, 2.45) is 0 Å². The van der Waals surface area contributed by atoms with E-state index in [1.54, 1.807) is 19.2 Å². The van der Waals surface area contributed by atoms with Gasteiger partial charge < -0.3 is 10.0 Å². The van der Waals surface area contributed by atoms with E-state index < -0.39 is 5.82 Å². The lowest BCUT2D eigenvalue weighted by Gasteiger charge is -2.18. The Morgan fingerprint density at radius 1 is 1.26 bits per heavy atom. The van der Waals surface area contributed by atoms with Crippen LogP contribution in [0.25, 0.3) is 0 Å². The number of halogens is 2. The Hall–Kier alpha value is -1.88. The predicted octanol–water partition coefficient (Wildman–Crippen LogP) is 3.57. The zero-order valence-corrected chi connectivity index (χ0v) is 11.7. The lowest BCUT2D eigenvalue weighted by molar-refractivity contribution is 0.0992. The van der Waals surface area contributed by atoms with Crippen LogP contribution in [0.2, 0.25) is 0 Å². The molecule has 0 saturated heterocycles. The maximum Gasteiger partial charge on any atom is 0.259 e. The van der Waals surface area contributed by atoms with Gasteiger partial charge in [0.05, 0.1) is 10.0 Å². The molecule has 98 valence electrons. The van der Waals surface area contributed by atoms with Gasteiger partial charge in [-0.15, -0.1) is 0 Å². The summed E-state index contributed by atoms with van der Waals surface area (Å²) in [6, 6.07) is 10.6. The molecule has 0 heterocycles. The normalized spacial score (nSPS) is 10.3. The SMILES string of the molecule is CN(C(=O)c1cccc(F)c1Br)c1cccc(O)c1. The molecule has 2 rings (SSSR count). The summed E-state index contributed by atoms with van der Waals surface area (Å²) >= 11 is 3.06. The van der Waals surface area contributed by atoms with E-state index in [0.717, 1.165) is 0 Å². The maximum atomic E-state index is 13.4. The van der Waals surface area contributed by atoms with E-state index in [1.165, 1.54) is 35.2 Å². The highest BCUT2D eigenvalue weighted by Crippen LogP contribution is 2.25. The Labute approximate surface area is 118 Å². The van der Waals surface area contributed by atoms with E-state index in [-0.39, 0.29) is 21.7 Å². The standard InChI is InChI=1S/C14H11BrFNO2/c1-17(9-4-2-5-10(18)8-9)14(19)11-6-3-7-12(16)13(11)15/h2-8,18H,1H3. The van der Waals surface area contributed by atoms with Gasteiger partial charge in [-0.3, -0.25) is 4.79 Å². The molecule has 1 N–H and O–H groups in total. The summed E-state index contributed by atoms with van der Waals surface area (Å²) < 4.78 is 13.5. The van der Waals surface area contributed by atoms with Gasteiger partial charge in [0.2, 0.25) is 0 Å². The molecule has 5 heteroatoms. The Kier molecular flexibility index (Phi) is 3.85. The van der Waals surface area contributed by atoms with Crippen molar-refractivity contribution in [1.29, 1.82) is 0 Å². The second-order valence-electron chi connectivity index (χ2n) is 3.99. The molecule has 0 atom stereocenters. The van der Waals surface area contributed by atoms with Crippen LogP contribution in [0.15, 0.2) is 46.9 Å². The number of amides is 1. The highest BCUT2D eigenvalue weighted by molar-refractivity contribution is 9.10. The Morgan fingerprint density at radius 3 is 2.63 bits per heavy atom. The molecule has 2 aromatic carbocycles. The minimum Gasteiger partial charge on any atom is -0.508 e. The van der Waals surface area contributed by atoms with Crippen molar-refractivity contribution in [2.45, 2.75) is 0 Å². The first-order valence-corrected chi connectivity index (χ1v) is 6.31. The van der Waals surface area contributed by atoms with Crippen LogP contribution in [-0.2, 0) is 0 Å². The largest absolute Gasteiger partial charge is 0.508 e. The average molecular weight is 324 g/mol. The molecule has 0 saturated carbocycles. The quantitative estimate of drug-likeness (QED) is 0.917. The third-order valence-electron chi connectivity index (χ3n) is 2.70. The molecule has 1 amide bonds. The van der Waals surface area contributed by atoms with E-state index >= 15 is 0 Å². The van der Waals surface area contributed by atoms with Gasteiger partial charge in [-0.1, -0.05) is 12.1 Å². The van der Waals surface area contributed by atoms with Crippen LogP contribution >= 0.6 is 15.9 Å². The number of hydrogen-bond acceptors (Lipinski definition) is 2. The minimum atomic E-state index is -0.491. The summed E-state index contributed by atoms with van der Waals surface area (Å²) in [6.07, 6.45) is 0. The summed E-state index contributed by atoms with van der Waals surface area (Å²) in [5.41, 5.74) is 0.756. The molecule has 0 aliphatic carbocycles. The van der Waals surface area contributed by atoms with Crippen LogP contribution in [0.1, 0.15) is 10.4 Å². The van der Waals surface area contributed by atoms with Crippen LogP contribution in [0.4, 0.5) is 10.1 Å². The zero-order chi connectivity index (χ0) is 14.0. The van der Waals surface area contributed by atoms with E-state index in [9.17, 15) is 14.3 Å². The summed E-state index contributed by atoms with van der Waals surface area (Å²) in [5, 5.41) is 9.41. The molecule has 0 aliphatic heterocycles. The van der Waals surface area contributed by atoms with Crippen LogP contribution in [0.5, 0.6) is 5.75 Å².